The van der Waals surface area contributed by atoms with Crippen molar-refractivity contribution >= 4 is 23.3 Å². The third-order valence-electron chi connectivity index (χ3n) is 2.60. The van der Waals surface area contributed by atoms with E-state index in [1.807, 2.05) is 0 Å². The van der Waals surface area contributed by atoms with Crippen LogP contribution in [0.4, 0.5) is 18.9 Å². The minimum absolute atomic E-state index is 0.141. The molecule has 19 heavy (non-hydrogen) atoms. The van der Waals surface area contributed by atoms with E-state index >= 15 is 0 Å². The summed E-state index contributed by atoms with van der Waals surface area (Å²) in [6.07, 6.45) is -4.67. The van der Waals surface area contributed by atoms with Crippen molar-refractivity contribution in [3.63, 3.8) is 0 Å². The highest BCUT2D eigenvalue weighted by Crippen LogP contribution is 2.36. The Hall–Kier alpha value is -1.43. The molecule has 0 saturated carbocycles. The second-order valence-corrected chi connectivity index (χ2v) is 4.29. The summed E-state index contributed by atoms with van der Waals surface area (Å²) in [7, 11) is 0. The van der Waals surface area contributed by atoms with Crippen LogP contribution in [-0.4, -0.2) is 24.2 Å². The maximum Gasteiger partial charge on any atom is 0.417 e. The summed E-state index contributed by atoms with van der Waals surface area (Å²) in [6, 6.07) is 3.56. The molecule has 1 rings (SSSR count). The summed E-state index contributed by atoms with van der Waals surface area (Å²) >= 11 is 5.52. The van der Waals surface area contributed by atoms with Gasteiger partial charge < -0.3 is 10.0 Å². The molecule has 0 spiro atoms. The van der Waals surface area contributed by atoms with Crippen LogP contribution in [0, 0.1) is 0 Å². The number of nitrogens with zero attached hydrogens (tertiary/aromatic N) is 1. The maximum absolute atomic E-state index is 12.7. The van der Waals surface area contributed by atoms with E-state index < -0.39 is 17.7 Å². The first-order valence-electron chi connectivity index (χ1n) is 5.59. The first-order chi connectivity index (χ1) is 8.75. The predicted octanol–water partition coefficient (Wildman–Crippen LogP) is 3.66. The van der Waals surface area contributed by atoms with Gasteiger partial charge in [0.2, 0.25) is 0 Å². The average molecular weight is 296 g/mol. The summed E-state index contributed by atoms with van der Waals surface area (Å²) in [5.41, 5.74) is -0.610. The van der Waals surface area contributed by atoms with Gasteiger partial charge in [-0.05, 0) is 25.1 Å². The molecule has 0 radical (unpaired) electrons. The molecule has 0 aromatic heterocycles. The minimum Gasteiger partial charge on any atom is -0.481 e. The Labute approximate surface area is 113 Å². The van der Waals surface area contributed by atoms with Crippen molar-refractivity contribution in [2.75, 3.05) is 18.0 Å². The highest BCUT2D eigenvalue weighted by atomic mass is 35.5. The van der Waals surface area contributed by atoms with Crippen molar-refractivity contribution in [2.45, 2.75) is 19.5 Å². The normalized spacial score (nSPS) is 11.4. The number of rotatable bonds is 5. The SMILES string of the molecule is CCN(CCC(=O)O)c1ccc(Cl)c(C(F)(F)F)c1. The number of hydrogen-bond donors (Lipinski definition) is 1. The third-order valence-corrected chi connectivity index (χ3v) is 2.93. The fourth-order valence-electron chi connectivity index (χ4n) is 1.63. The van der Waals surface area contributed by atoms with E-state index in [0.29, 0.717) is 12.2 Å². The van der Waals surface area contributed by atoms with Crippen molar-refractivity contribution in [3.05, 3.63) is 28.8 Å². The van der Waals surface area contributed by atoms with Crippen LogP contribution in [0.2, 0.25) is 5.02 Å². The zero-order valence-corrected chi connectivity index (χ0v) is 10.9. The molecular formula is C12H13ClF3NO2. The smallest absolute Gasteiger partial charge is 0.417 e. The van der Waals surface area contributed by atoms with Gasteiger partial charge in [0.25, 0.3) is 0 Å². The lowest BCUT2D eigenvalue weighted by Crippen LogP contribution is -2.26. The standard InChI is InChI=1S/C12H13ClF3NO2/c1-2-17(6-5-11(18)19)8-3-4-10(13)9(7-8)12(14,15)16/h3-4,7H,2,5-6H2,1H3,(H,18,19). The number of carbonyl (C=O) groups is 1. The molecule has 0 unspecified atom stereocenters. The maximum atomic E-state index is 12.7. The van der Waals surface area contributed by atoms with Crippen molar-refractivity contribution < 1.29 is 23.1 Å². The molecule has 0 heterocycles. The summed E-state index contributed by atoms with van der Waals surface area (Å²) in [5, 5.41) is 8.24. The van der Waals surface area contributed by atoms with Gasteiger partial charge in [0, 0.05) is 18.8 Å². The van der Waals surface area contributed by atoms with Gasteiger partial charge in [0.1, 0.15) is 0 Å². The molecule has 0 fully saturated rings. The van der Waals surface area contributed by atoms with Gasteiger partial charge in [0.05, 0.1) is 17.0 Å². The Morgan fingerprint density at radius 2 is 2.05 bits per heavy atom. The summed E-state index contributed by atoms with van der Waals surface area (Å²) < 4.78 is 38.1. The van der Waals surface area contributed by atoms with Crippen LogP contribution in [0.1, 0.15) is 18.9 Å². The Kier molecular flexibility index (Phi) is 5.05. The number of benzene rings is 1. The molecule has 1 aromatic rings. The zero-order chi connectivity index (χ0) is 14.6. The van der Waals surface area contributed by atoms with E-state index in [1.54, 1.807) is 11.8 Å². The summed E-state index contributed by atoms with van der Waals surface area (Å²) in [4.78, 5) is 12.1. The zero-order valence-electron chi connectivity index (χ0n) is 10.2. The molecule has 106 valence electrons. The first-order valence-corrected chi connectivity index (χ1v) is 5.97. The van der Waals surface area contributed by atoms with E-state index in [0.717, 1.165) is 6.07 Å². The van der Waals surface area contributed by atoms with Crippen LogP contribution >= 0.6 is 11.6 Å². The Balaban J connectivity index is 3.02. The second-order valence-electron chi connectivity index (χ2n) is 3.89. The number of hydrogen-bond acceptors (Lipinski definition) is 2. The van der Waals surface area contributed by atoms with Gasteiger partial charge in [0.15, 0.2) is 0 Å². The highest BCUT2D eigenvalue weighted by molar-refractivity contribution is 6.31. The van der Waals surface area contributed by atoms with Gasteiger partial charge in [-0.1, -0.05) is 11.6 Å². The van der Waals surface area contributed by atoms with E-state index in [-0.39, 0.29) is 18.0 Å². The lowest BCUT2D eigenvalue weighted by Gasteiger charge is -2.23. The molecule has 3 nitrogen and oxygen atoms in total. The van der Waals surface area contributed by atoms with Gasteiger partial charge in [-0.25, -0.2) is 0 Å². The molecule has 7 heteroatoms. The van der Waals surface area contributed by atoms with Gasteiger partial charge in [-0.2, -0.15) is 13.2 Å². The van der Waals surface area contributed by atoms with Crippen LogP contribution in [-0.2, 0) is 11.0 Å². The van der Waals surface area contributed by atoms with Crippen LogP contribution in [0.3, 0.4) is 0 Å². The summed E-state index contributed by atoms with van der Waals surface area (Å²) in [6.45, 7) is 2.29. The fraction of sp³-hybridized carbons (Fsp3) is 0.417. The van der Waals surface area contributed by atoms with Crippen molar-refractivity contribution in [1.82, 2.24) is 0 Å². The van der Waals surface area contributed by atoms with Crippen molar-refractivity contribution in [3.8, 4) is 0 Å². The third kappa shape index (κ3) is 4.31. The van der Waals surface area contributed by atoms with Crippen molar-refractivity contribution in [2.24, 2.45) is 0 Å². The molecule has 0 aliphatic rings. The number of anilines is 1. The lowest BCUT2D eigenvalue weighted by atomic mass is 10.1. The monoisotopic (exact) mass is 295 g/mol. The Morgan fingerprint density at radius 3 is 2.53 bits per heavy atom. The Bertz CT molecular complexity index is 463. The largest absolute Gasteiger partial charge is 0.481 e. The number of carboxylic acid groups (broad SMARTS) is 1. The van der Waals surface area contributed by atoms with Gasteiger partial charge in [-0.3, -0.25) is 4.79 Å². The molecule has 1 N–H and O–H groups in total. The quantitative estimate of drug-likeness (QED) is 0.901. The van der Waals surface area contributed by atoms with Crippen LogP contribution < -0.4 is 4.90 Å². The summed E-state index contributed by atoms with van der Waals surface area (Å²) in [5.74, 6) is -0.997. The van der Waals surface area contributed by atoms with Crippen molar-refractivity contribution in [1.29, 1.82) is 0 Å². The van der Waals surface area contributed by atoms with E-state index in [9.17, 15) is 18.0 Å². The van der Waals surface area contributed by atoms with Crippen LogP contribution in [0.5, 0.6) is 0 Å². The van der Waals surface area contributed by atoms with E-state index in [1.165, 1.54) is 12.1 Å². The number of halogens is 4. The lowest BCUT2D eigenvalue weighted by molar-refractivity contribution is -0.138. The molecule has 0 amide bonds. The molecule has 0 saturated heterocycles. The van der Waals surface area contributed by atoms with Gasteiger partial charge in [-0.15, -0.1) is 0 Å². The van der Waals surface area contributed by atoms with E-state index in [4.69, 9.17) is 16.7 Å². The van der Waals surface area contributed by atoms with Crippen LogP contribution in [0.25, 0.3) is 0 Å². The van der Waals surface area contributed by atoms with Gasteiger partial charge >= 0.3 is 12.1 Å². The Morgan fingerprint density at radius 1 is 1.42 bits per heavy atom. The van der Waals surface area contributed by atoms with Crippen LogP contribution in [0.15, 0.2) is 18.2 Å². The fourth-order valence-corrected chi connectivity index (χ4v) is 1.85. The molecule has 1 aromatic carbocycles. The number of aliphatic carboxylic acids is 1. The second kappa shape index (κ2) is 6.14. The minimum atomic E-state index is -4.53. The van der Waals surface area contributed by atoms with E-state index in [2.05, 4.69) is 0 Å². The first kappa shape index (κ1) is 15.6. The molecular weight excluding hydrogens is 283 g/mol. The molecule has 0 aliphatic heterocycles. The topological polar surface area (TPSA) is 40.5 Å². The highest BCUT2D eigenvalue weighted by Gasteiger charge is 2.33. The molecule has 0 aliphatic carbocycles. The number of carboxylic acids is 1. The molecule has 0 bridgehead atoms. The average Bonchev–Trinajstić information content (AvgIpc) is 2.29. The predicted molar refractivity (Wildman–Crippen MR) is 66.6 cm³/mol. The number of alkyl halides is 3. The molecule has 0 atom stereocenters.